The molecule has 0 saturated carbocycles. The summed E-state index contributed by atoms with van der Waals surface area (Å²) in [5.41, 5.74) is 7.61. The summed E-state index contributed by atoms with van der Waals surface area (Å²) in [6, 6.07) is 38.8. The summed E-state index contributed by atoms with van der Waals surface area (Å²) >= 11 is 0. The normalized spacial score (nSPS) is 13.8. The van der Waals surface area contributed by atoms with Crippen LogP contribution in [0.25, 0.3) is 27.6 Å². The minimum Gasteiger partial charge on any atom is -0.349 e. The average Bonchev–Trinajstić information content (AvgIpc) is 3.57. The van der Waals surface area contributed by atoms with Crippen LogP contribution in [0.5, 0.6) is 0 Å². The van der Waals surface area contributed by atoms with Gasteiger partial charge in [-0.1, -0.05) is 98.8 Å². The number of benzene rings is 4. The van der Waals surface area contributed by atoms with Crippen LogP contribution in [0.2, 0.25) is 13.1 Å². The molecule has 0 N–H and O–H groups in total. The van der Waals surface area contributed by atoms with Gasteiger partial charge in [0, 0.05) is 28.7 Å². The van der Waals surface area contributed by atoms with Crippen LogP contribution < -0.4 is 20.2 Å². The summed E-state index contributed by atoms with van der Waals surface area (Å²) < 4.78 is 2.37. The number of pyridine rings is 1. The fraction of sp³-hybridized carbons (Fsp3) is 0.256. The third kappa shape index (κ3) is 4.62. The van der Waals surface area contributed by atoms with E-state index in [1.54, 1.807) is 0 Å². The Hall–Kier alpha value is -4.35. The van der Waals surface area contributed by atoms with Crippen molar-refractivity contribution in [3.8, 4) is 5.82 Å². The Balaban J connectivity index is 1.34. The monoisotopic (exact) mass is 594 g/mol. The van der Waals surface area contributed by atoms with E-state index in [2.05, 4.69) is 165 Å². The standard InChI is InChI=1S/C39H42N4Si/c1-27(2)41-26-42(36-18-11-10-17-35(36)41)29-13-12-14-30(24-29)44(6,7)31-19-20-33-32-15-8-9-16-34(32)43(37(33)25-31)38-23-28(21-22-40-38)39(3,4)5/h8-25,27H,26H2,1-7H3. The number of hydrogen-bond donors (Lipinski definition) is 0. The van der Waals surface area contributed by atoms with Crippen LogP contribution in [-0.2, 0) is 5.41 Å². The average molecular weight is 595 g/mol. The molecule has 1 aliphatic rings. The predicted octanol–water partition coefficient (Wildman–Crippen LogP) is 8.62. The number of hydrogen-bond acceptors (Lipinski definition) is 3. The quantitative estimate of drug-likeness (QED) is 0.187. The zero-order valence-corrected chi connectivity index (χ0v) is 28.0. The van der Waals surface area contributed by atoms with Gasteiger partial charge in [0.2, 0.25) is 0 Å². The number of aromatic nitrogens is 2. The summed E-state index contributed by atoms with van der Waals surface area (Å²) in [5, 5.41) is 5.39. The smallest absolute Gasteiger partial charge is 0.137 e. The van der Waals surface area contributed by atoms with E-state index in [1.807, 2.05) is 6.20 Å². The lowest BCUT2D eigenvalue weighted by Gasteiger charge is -2.28. The maximum atomic E-state index is 4.90. The first-order valence-electron chi connectivity index (χ1n) is 15.8. The van der Waals surface area contributed by atoms with Gasteiger partial charge < -0.3 is 9.80 Å². The van der Waals surface area contributed by atoms with Crippen molar-refractivity contribution in [2.24, 2.45) is 0 Å². The summed E-state index contributed by atoms with van der Waals surface area (Å²) in [7, 11) is -2.07. The highest BCUT2D eigenvalue weighted by molar-refractivity contribution is 7.00. The van der Waals surface area contributed by atoms with Gasteiger partial charge in [0.25, 0.3) is 0 Å². The Kier molecular flexibility index (Phi) is 6.70. The van der Waals surface area contributed by atoms with Gasteiger partial charge in [-0.25, -0.2) is 4.98 Å². The fourth-order valence-electron chi connectivity index (χ4n) is 6.74. The Morgan fingerprint density at radius 3 is 2.18 bits per heavy atom. The van der Waals surface area contributed by atoms with Crippen LogP contribution in [0, 0.1) is 0 Å². The van der Waals surface area contributed by atoms with Crippen molar-refractivity contribution in [3.63, 3.8) is 0 Å². The molecule has 0 unspecified atom stereocenters. The first-order valence-corrected chi connectivity index (χ1v) is 18.8. The van der Waals surface area contributed by atoms with E-state index >= 15 is 0 Å². The van der Waals surface area contributed by atoms with Gasteiger partial charge in [0.15, 0.2) is 0 Å². The van der Waals surface area contributed by atoms with Gasteiger partial charge in [-0.3, -0.25) is 4.57 Å². The second kappa shape index (κ2) is 10.4. The number of nitrogens with zero attached hydrogens (tertiary/aromatic N) is 4. The maximum Gasteiger partial charge on any atom is 0.137 e. The van der Waals surface area contributed by atoms with Crippen molar-refractivity contribution in [2.75, 3.05) is 16.5 Å². The molecule has 0 spiro atoms. The molecular weight excluding hydrogens is 553 g/mol. The van der Waals surface area contributed by atoms with Crippen molar-refractivity contribution in [1.82, 2.24) is 9.55 Å². The number of para-hydroxylation sites is 3. The Labute approximate surface area is 262 Å². The van der Waals surface area contributed by atoms with Crippen molar-refractivity contribution < 1.29 is 0 Å². The van der Waals surface area contributed by atoms with Gasteiger partial charge in [-0.05, 0) is 73.4 Å². The summed E-state index contributed by atoms with van der Waals surface area (Å²) in [5.74, 6) is 0.977. The number of rotatable bonds is 5. The van der Waals surface area contributed by atoms with Gasteiger partial charge in [-0.15, -0.1) is 0 Å². The molecule has 2 aromatic heterocycles. The molecule has 0 amide bonds. The molecule has 0 fully saturated rings. The largest absolute Gasteiger partial charge is 0.349 e. The van der Waals surface area contributed by atoms with Gasteiger partial charge in [0.05, 0.1) is 29.1 Å². The van der Waals surface area contributed by atoms with E-state index in [0.717, 1.165) is 12.5 Å². The molecular formula is C39H42N4Si. The predicted molar refractivity (Wildman–Crippen MR) is 192 cm³/mol. The topological polar surface area (TPSA) is 24.3 Å². The molecule has 222 valence electrons. The molecule has 4 aromatic carbocycles. The van der Waals surface area contributed by atoms with Crippen LogP contribution in [0.15, 0.2) is 109 Å². The molecule has 0 aliphatic carbocycles. The molecule has 0 radical (unpaired) electrons. The molecule has 4 nitrogen and oxygen atoms in total. The van der Waals surface area contributed by atoms with Crippen LogP contribution in [0.1, 0.15) is 40.2 Å². The van der Waals surface area contributed by atoms with E-state index in [4.69, 9.17) is 4.98 Å². The SMILES string of the molecule is CC(C)N1CN(c2cccc([Si](C)(C)c3ccc4c5ccccc5n(-c5cc(C(C)(C)C)ccn5)c4c3)c2)c2ccccc21. The first kappa shape index (κ1) is 28.4. The highest BCUT2D eigenvalue weighted by atomic mass is 28.3. The molecule has 7 rings (SSSR count). The van der Waals surface area contributed by atoms with E-state index in [9.17, 15) is 0 Å². The second-order valence-electron chi connectivity index (χ2n) is 14.0. The number of fused-ring (bicyclic) bond motifs is 4. The summed E-state index contributed by atoms with van der Waals surface area (Å²) in [6.07, 6.45) is 1.96. The van der Waals surface area contributed by atoms with Crippen molar-refractivity contribution >= 4 is 57.3 Å². The van der Waals surface area contributed by atoms with Gasteiger partial charge in [-0.2, -0.15) is 0 Å². The molecule has 0 atom stereocenters. The van der Waals surface area contributed by atoms with Crippen molar-refractivity contribution in [2.45, 2.75) is 59.2 Å². The molecule has 0 bridgehead atoms. The molecule has 1 aliphatic heterocycles. The molecule has 6 aromatic rings. The number of anilines is 3. The lowest BCUT2D eigenvalue weighted by atomic mass is 9.88. The van der Waals surface area contributed by atoms with E-state index in [-0.39, 0.29) is 5.41 Å². The second-order valence-corrected chi connectivity index (χ2v) is 18.4. The lowest BCUT2D eigenvalue weighted by molar-refractivity contribution is 0.588. The van der Waals surface area contributed by atoms with Crippen LogP contribution in [0.4, 0.5) is 17.1 Å². The summed E-state index contributed by atoms with van der Waals surface area (Å²) in [4.78, 5) is 9.86. The highest BCUT2D eigenvalue weighted by Crippen LogP contribution is 2.41. The van der Waals surface area contributed by atoms with Gasteiger partial charge in [0.1, 0.15) is 13.9 Å². The Morgan fingerprint density at radius 2 is 1.41 bits per heavy atom. The van der Waals surface area contributed by atoms with Crippen LogP contribution >= 0.6 is 0 Å². The van der Waals surface area contributed by atoms with Crippen molar-refractivity contribution in [1.29, 1.82) is 0 Å². The third-order valence-corrected chi connectivity index (χ3v) is 13.0. The Bertz CT molecular complexity index is 2010. The maximum absolute atomic E-state index is 4.90. The highest BCUT2D eigenvalue weighted by Gasteiger charge is 2.31. The molecule has 44 heavy (non-hydrogen) atoms. The van der Waals surface area contributed by atoms with E-state index < -0.39 is 8.07 Å². The molecule has 0 saturated heterocycles. The summed E-state index contributed by atoms with van der Waals surface area (Å²) in [6.45, 7) is 17.2. The lowest BCUT2D eigenvalue weighted by Crippen LogP contribution is -2.53. The van der Waals surface area contributed by atoms with Crippen LogP contribution in [0.3, 0.4) is 0 Å². The zero-order valence-electron chi connectivity index (χ0n) is 27.0. The van der Waals surface area contributed by atoms with Crippen molar-refractivity contribution in [3.05, 3.63) is 115 Å². The zero-order chi connectivity index (χ0) is 30.8. The third-order valence-electron chi connectivity index (χ3n) is 9.51. The minimum atomic E-state index is -2.07. The van der Waals surface area contributed by atoms with E-state index in [0.29, 0.717) is 6.04 Å². The minimum absolute atomic E-state index is 0.0452. The van der Waals surface area contributed by atoms with Crippen LogP contribution in [-0.4, -0.2) is 30.3 Å². The first-order chi connectivity index (χ1) is 21.0. The molecule has 5 heteroatoms. The molecule has 3 heterocycles. The fourth-order valence-corrected chi connectivity index (χ4v) is 9.10. The van der Waals surface area contributed by atoms with Gasteiger partial charge >= 0.3 is 0 Å². The Morgan fingerprint density at radius 1 is 0.705 bits per heavy atom. The van der Waals surface area contributed by atoms with E-state index in [1.165, 1.54) is 54.8 Å².